The van der Waals surface area contributed by atoms with Crippen LogP contribution in [-0.4, -0.2) is 85.1 Å². The van der Waals surface area contributed by atoms with Crippen LogP contribution in [0.4, 0.5) is 29.1 Å². The van der Waals surface area contributed by atoms with Gasteiger partial charge in [0.05, 0.1) is 17.9 Å². The second-order valence-corrected chi connectivity index (χ2v) is 10.6. The summed E-state index contributed by atoms with van der Waals surface area (Å²) in [5.74, 6) is -0.00836. The fourth-order valence-corrected chi connectivity index (χ4v) is 5.37. The Balaban J connectivity index is 1.40. The molecule has 40 heavy (non-hydrogen) atoms. The van der Waals surface area contributed by atoms with E-state index < -0.39 is 17.6 Å². The van der Waals surface area contributed by atoms with Gasteiger partial charge in [0.15, 0.2) is 0 Å². The normalized spacial score (nSPS) is 17.7. The number of halogens is 4. The molecular weight excluding hydrogens is 528 g/mol. The van der Waals surface area contributed by atoms with Crippen molar-refractivity contribution < 1.29 is 27.1 Å². The predicted molar refractivity (Wildman–Crippen MR) is 143 cm³/mol. The second kappa shape index (κ2) is 11.6. The van der Waals surface area contributed by atoms with Crippen LogP contribution in [0.2, 0.25) is 0 Å². The van der Waals surface area contributed by atoms with E-state index in [2.05, 4.69) is 21.4 Å². The van der Waals surface area contributed by atoms with Crippen LogP contribution in [0.15, 0.2) is 30.9 Å². The number of nitrogens with zero attached hydrogens (tertiary/aromatic N) is 6. The molecule has 0 bridgehead atoms. The lowest BCUT2D eigenvalue weighted by Gasteiger charge is -2.38. The van der Waals surface area contributed by atoms with Crippen molar-refractivity contribution in [3.05, 3.63) is 53.5 Å². The number of carbonyl (C=O) groups excluding carboxylic acids is 1. The average Bonchev–Trinajstić information content (AvgIpc) is 3.75. The van der Waals surface area contributed by atoms with Gasteiger partial charge in [0.25, 0.3) is 0 Å². The monoisotopic (exact) mass is 562 g/mol. The zero-order valence-electron chi connectivity index (χ0n) is 22.6. The molecule has 1 aromatic heterocycles. The Bertz CT molecular complexity index is 1240. The molecule has 1 saturated heterocycles. The summed E-state index contributed by atoms with van der Waals surface area (Å²) in [5, 5.41) is 0. The van der Waals surface area contributed by atoms with Crippen LogP contribution in [0.5, 0.6) is 6.01 Å². The Morgan fingerprint density at radius 1 is 1.15 bits per heavy atom. The Morgan fingerprint density at radius 3 is 2.58 bits per heavy atom. The highest BCUT2D eigenvalue weighted by Gasteiger charge is 2.39. The van der Waals surface area contributed by atoms with Gasteiger partial charge in [0.1, 0.15) is 23.8 Å². The molecular formula is C28H34F4N6O2. The number of rotatable bonds is 9. The molecule has 0 spiro atoms. The number of piperazine rings is 1. The topological polar surface area (TPSA) is 65.0 Å². The minimum atomic E-state index is -4.83. The third-order valence-corrected chi connectivity index (χ3v) is 7.68. The third-order valence-electron chi connectivity index (χ3n) is 7.68. The van der Waals surface area contributed by atoms with E-state index in [1.165, 1.54) is 36.0 Å². The molecule has 1 aliphatic carbocycles. The van der Waals surface area contributed by atoms with Crippen molar-refractivity contribution in [2.45, 2.75) is 32.0 Å². The van der Waals surface area contributed by atoms with Crippen molar-refractivity contribution in [3.63, 3.8) is 0 Å². The molecule has 0 unspecified atom stereocenters. The van der Waals surface area contributed by atoms with Gasteiger partial charge < -0.3 is 24.3 Å². The maximum atomic E-state index is 14.3. The third kappa shape index (κ3) is 6.32. The molecule has 0 radical (unpaired) electrons. The summed E-state index contributed by atoms with van der Waals surface area (Å²) in [6.07, 6.45) is -0.640. The molecule has 216 valence electrons. The van der Waals surface area contributed by atoms with Gasteiger partial charge in [-0.15, -0.1) is 0 Å². The predicted octanol–water partition coefficient (Wildman–Crippen LogP) is 3.75. The van der Waals surface area contributed by atoms with Crippen LogP contribution in [0.1, 0.15) is 29.7 Å². The summed E-state index contributed by atoms with van der Waals surface area (Å²) in [5.41, 5.74) is -0.0903. The molecule has 5 rings (SSSR count). The van der Waals surface area contributed by atoms with E-state index in [1.807, 2.05) is 7.05 Å². The molecule has 1 aromatic carbocycles. The van der Waals surface area contributed by atoms with Crippen molar-refractivity contribution in [2.24, 2.45) is 5.92 Å². The summed E-state index contributed by atoms with van der Waals surface area (Å²) in [7, 11) is 2.04. The van der Waals surface area contributed by atoms with Gasteiger partial charge in [-0.05, 0) is 50.4 Å². The number of fused-ring (bicyclic) bond motifs is 1. The number of carbonyl (C=O) groups is 1. The highest BCUT2D eigenvalue weighted by atomic mass is 19.4. The lowest BCUT2D eigenvalue weighted by molar-refractivity contribution is -0.139. The molecule has 2 fully saturated rings. The molecule has 3 heterocycles. The van der Waals surface area contributed by atoms with Gasteiger partial charge in [0, 0.05) is 51.4 Å². The maximum absolute atomic E-state index is 14.3. The van der Waals surface area contributed by atoms with E-state index >= 15 is 0 Å². The Kier molecular flexibility index (Phi) is 8.16. The highest BCUT2D eigenvalue weighted by molar-refractivity contribution is 5.87. The van der Waals surface area contributed by atoms with Crippen LogP contribution in [-0.2, 0) is 23.9 Å². The quantitative estimate of drug-likeness (QED) is 0.341. The summed E-state index contributed by atoms with van der Waals surface area (Å²) in [6.45, 7) is 8.01. The summed E-state index contributed by atoms with van der Waals surface area (Å²) in [4.78, 5) is 28.9. The fraction of sp³-hybridized carbons (Fsp3) is 0.536. The van der Waals surface area contributed by atoms with E-state index in [-0.39, 0.29) is 30.7 Å². The first-order chi connectivity index (χ1) is 19.1. The number of hydrogen-bond donors (Lipinski definition) is 0. The zero-order valence-corrected chi connectivity index (χ0v) is 22.6. The molecule has 12 heteroatoms. The van der Waals surface area contributed by atoms with Gasteiger partial charge in [-0.1, -0.05) is 12.6 Å². The largest absolute Gasteiger partial charge is 0.462 e. The Labute approximate surface area is 231 Å². The Morgan fingerprint density at radius 2 is 1.90 bits per heavy atom. The fourth-order valence-electron chi connectivity index (χ4n) is 5.37. The molecule has 8 nitrogen and oxygen atoms in total. The van der Waals surface area contributed by atoms with Gasteiger partial charge in [-0.3, -0.25) is 4.79 Å². The molecule has 1 saturated carbocycles. The lowest BCUT2D eigenvalue weighted by Crippen LogP contribution is -2.49. The molecule has 0 atom stereocenters. The van der Waals surface area contributed by atoms with Crippen LogP contribution in [0, 0.1) is 11.7 Å². The van der Waals surface area contributed by atoms with Crippen LogP contribution in [0.25, 0.3) is 0 Å². The van der Waals surface area contributed by atoms with Crippen molar-refractivity contribution in [1.29, 1.82) is 0 Å². The average molecular weight is 563 g/mol. The van der Waals surface area contributed by atoms with Crippen LogP contribution >= 0.6 is 0 Å². The van der Waals surface area contributed by atoms with E-state index in [0.29, 0.717) is 57.3 Å². The first kappa shape index (κ1) is 28.1. The summed E-state index contributed by atoms with van der Waals surface area (Å²) >= 11 is 0. The number of amides is 1. The molecule has 2 aromatic rings. The minimum Gasteiger partial charge on any atom is -0.462 e. The summed E-state index contributed by atoms with van der Waals surface area (Å²) < 4.78 is 61.6. The smallest absolute Gasteiger partial charge is 0.421 e. The minimum absolute atomic E-state index is 0.0598. The number of benzene rings is 1. The van der Waals surface area contributed by atoms with E-state index in [4.69, 9.17) is 9.72 Å². The standard InChI is InChI=1S/C28H34F4N6O2/c1-3-24(39)36-11-13-37(14-12-36)26-20-9-10-38(23-6-4-5-21(29)25(23)28(30,31)32)18-22(20)33-27(34-26)40-16-15-35(2)17-19-7-8-19/h3-6,19H,1,7-18H2,2H3. The van der Waals surface area contributed by atoms with Crippen molar-refractivity contribution in [2.75, 3.05) is 69.3 Å². The van der Waals surface area contributed by atoms with E-state index in [1.54, 1.807) is 4.90 Å². The number of likely N-dealkylation sites (N-methyl/N-ethyl adjacent to an activating group) is 1. The van der Waals surface area contributed by atoms with Gasteiger partial charge >= 0.3 is 12.2 Å². The first-order valence-electron chi connectivity index (χ1n) is 13.6. The van der Waals surface area contributed by atoms with Crippen LogP contribution in [0.3, 0.4) is 0 Å². The molecule has 3 aliphatic rings. The van der Waals surface area contributed by atoms with Crippen molar-refractivity contribution in [1.82, 2.24) is 19.8 Å². The van der Waals surface area contributed by atoms with E-state index in [0.717, 1.165) is 24.1 Å². The van der Waals surface area contributed by atoms with E-state index in [9.17, 15) is 22.4 Å². The number of alkyl halides is 3. The molecule has 2 aliphatic heterocycles. The number of hydrogen-bond acceptors (Lipinski definition) is 7. The molecule has 0 N–H and O–H groups in total. The van der Waals surface area contributed by atoms with Crippen molar-refractivity contribution >= 4 is 17.4 Å². The second-order valence-electron chi connectivity index (χ2n) is 10.6. The maximum Gasteiger partial charge on any atom is 0.421 e. The SMILES string of the molecule is C=CC(=O)N1CCN(c2nc(OCCN(C)CC3CC3)nc3c2CCN(c2cccc(F)c2C(F)(F)F)C3)CC1. The highest BCUT2D eigenvalue weighted by Crippen LogP contribution is 2.40. The number of aromatic nitrogens is 2. The van der Waals surface area contributed by atoms with Crippen LogP contribution < -0.4 is 14.5 Å². The van der Waals surface area contributed by atoms with Gasteiger partial charge in [0.2, 0.25) is 5.91 Å². The van der Waals surface area contributed by atoms with Crippen molar-refractivity contribution in [3.8, 4) is 6.01 Å². The van der Waals surface area contributed by atoms with Gasteiger partial charge in [-0.2, -0.15) is 23.1 Å². The first-order valence-corrected chi connectivity index (χ1v) is 13.6. The lowest BCUT2D eigenvalue weighted by atomic mass is 10.0. The molecule has 1 amide bonds. The van der Waals surface area contributed by atoms with Gasteiger partial charge in [-0.25, -0.2) is 4.39 Å². The summed E-state index contributed by atoms with van der Waals surface area (Å²) in [6, 6.07) is 3.57. The number of anilines is 2. The Hall–Kier alpha value is -3.41. The zero-order chi connectivity index (χ0) is 28.4. The number of ether oxygens (including phenoxy) is 1.